The zero-order chi connectivity index (χ0) is 36.2. The summed E-state index contributed by atoms with van der Waals surface area (Å²) in [6, 6.07) is 4.78. The summed E-state index contributed by atoms with van der Waals surface area (Å²) in [6.45, 7) is 7.27. The fourth-order valence-electron chi connectivity index (χ4n) is 4.27. The van der Waals surface area contributed by atoms with Crippen molar-refractivity contribution in [2.45, 2.75) is 65.3 Å². The number of benzene rings is 1. The second kappa shape index (κ2) is 22.0. The number of anilines is 1. The predicted molar refractivity (Wildman–Crippen MR) is 166 cm³/mol. The number of nitrogens with one attached hydrogen (secondary N) is 4. The first kappa shape index (κ1) is 40.5. The van der Waals surface area contributed by atoms with E-state index in [1.165, 1.54) is 13.8 Å². The number of urea groups is 1. The number of amides is 4. The zero-order valence-corrected chi connectivity index (χ0v) is 28.0. The van der Waals surface area contributed by atoms with Crippen molar-refractivity contribution in [2.75, 3.05) is 58.2 Å². The SMILES string of the molecule is CCOC(=O)NNC(=O)Nc1ccc(OCCOCCOCCOC2OC(COC(C)=O)C(OC(C)=O)C(OC(C)=O)C2NC(C)=O)cc1. The highest BCUT2D eigenvalue weighted by Crippen LogP contribution is 2.28. The second-order valence-corrected chi connectivity index (χ2v) is 10.1. The minimum absolute atomic E-state index is 0.0103. The van der Waals surface area contributed by atoms with Gasteiger partial charge >= 0.3 is 30.0 Å². The maximum atomic E-state index is 12.0. The highest BCUT2D eigenvalue weighted by molar-refractivity contribution is 5.90. The van der Waals surface area contributed by atoms with E-state index in [0.29, 0.717) is 11.4 Å². The molecule has 0 saturated carbocycles. The summed E-state index contributed by atoms with van der Waals surface area (Å²) in [6.07, 6.45) is -5.48. The van der Waals surface area contributed by atoms with Crippen molar-refractivity contribution in [3.63, 3.8) is 0 Å². The van der Waals surface area contributed by atoms with Gasteiger partial charge in [-0.1, -0.05) is 0 Å². The molecule has 1 aliphatic rings. The van der Waals surface area contributed by atoms with Crippen LogP contribution in [-0.2, 0) is 57.1 Å². The number of hydrazine groups is 1. The Bertz CT molecular complexity index is 1230. The van der Waals surface area contributed by atoms with Crippen LogP contribution in [-0.4, -0.2) is 119 Å². The molecule has 1 saturated heterocycles. The van der Waals surface area contributed by atoms with E-state index in [1.54, 1.807) is 31.2 Å². The Balaban J connectivity index is 1.74. The lowest BCUT2D eigenvalue weighted by Crippen LogP contribution is -2.66. The maximum Gasteiger partial charge on any atom is 0.426 e. The molecule has 19 heteroatoms. The number of hydrogen-bond acceptors (Lipinski definition) is 15. The van der Waals surface area contributed by atoms with Crippen molar-refractivity contribution in [2.24, 2.45) is 0 Å². The molecule has 19 nitrogen and oxygen atoms in total. The van der Waals surface area contributed by atoms with Gasteiger partial charge in [0.15, 0.2) is 18.5 Å². The van der Waals surface area contributed by atoms with Gasteiger partial charge < -0.3 is 53.3 Å². The quantitative estimate of drug-likeness (QED) is 0.0709. The Morgan fingerprint density at radius 3 is 1.94 bits per heavy atom. The number of rotatable bonds is 18. The summed E-state index contributed by atoms with van der Waals surface area (Å²) in [4.78, 5) is 70.2. The molecule has 1 heterocycles. The van der Waals surface area contributed by atoms with E-state index in [0.717, 1.165) is 13.8 Å². The van der Waals surface area contributed by atoms with Gasteiger partial charge in [-0.25, -0.2) is 20.4 Å². The van der Waals surface area contributed by atoms with Crippen LogP contribution in [0.5, 0.6) is 5.75 Å². The van der Waals surface area contributed by atoms with Crippen LogP contribution in [0.2, 0.25) is 0 Å². The Kier molecular flexibility index (Phi) is 18.2. The fourth-order valence-corrected chi connectivity index (χ4v) is 4.27. The van der Waals surface area contributed by atoms with Gasteiger partial charge in [0.25, 0.3) is 0 Å². The molecule has 4 amide bonds. The van der Waals surface area contributed by atoms with Crippen molar-refractivity contribution in [1.82, 2.24) is 16.2 Å². The average molecular weight is 701 g/mol. The highest BCUT2D eigenvalue weighted by atomic mass is 16.7. The molecule has 0 aromatic heterocycles. The van der Waals surface area contributed by atoms with Gasteiger partial charge in [-0.15, -0.1) is 0 Å². The van der Waals surface area contributed by atoms with Gasteiger partial charge in [0.1, 0.15) is 31.1 Å². The maximum absolute atomic E-state index is 12.0. The minimum atomic E-state index is -1.22. The molecule has 5 atom stereocenters. The van der Waals surface area contributed by atoms with Crippen LogP contribution in [0.25, 0.3) is 0 Å². The van der Waals surface area contributed by atoms with E-state index in [9.17, 15) is 28.8 Å². The topological polar surface area (TPSA) is 234 Å². The highest BCUT2D eigenvalue weighted by Gasteiger charge is 2.51. The van der Waals surface area contributed by atoms with Gasteiger partial charge in [0, 0.05) is 33.4 Å². The minimum Gasteiger partial charge on any atom is -0.491 e. The van der Waals surface area contributed by atoms with Crippen LogP contribution in [0.4, 0.5) is 15.3 Å². The Morgan fingerprint density at radius 1 is 0.735 bits per heavy atom. The van der Waals surface area contributed by atoms with Crippen molar-refractivity contribution in [3.05, 3.63) is 24.3 Å². The molecule has 0 radical (unpaired) electrons. The summed E-state index contributed by atoms with van der Waals surface area (Å²) in [5, 5.41) is 5.15. The molecule has 1 fully saturated rings. The molecule has 0 bridgehead atoms. The number of hydrogen-bond donors (Lipinski definition) is 4. The molecule has 4 N–H and O–H groups in total. The Morgan fingerprint density at radius 2 is 1.35 bits per heavy atom. The fraction of sp³-hybridized carbons (Fsp3) is 0.600. The zero-order valence-electron chi connectivity index (χ0n) is 28.0. The molecule has 1 aromatic rings. The molecule has 49 heavy (non-hydrogen) atoms. The average Bonchev–Trinajstić information content (AvgIpc) is 3.02. The van der Waals surface area contributed by atoms with Crippen molar-refractivity contribution in [3.8, 4) is 5.75 Å². The number of esters is 3. The molecule has 1 aromatic carbocycles. The smallest absolute Gasteiger partial charge is 0.426 e. The van der Waals surface area contributed by atoms with Crippen LogP contribution in [0, 0.1) is 0 Å². The van der Waals surface area contributed by atoms with Gasteiger partial charge in [-0.2, -0.15) is 0 Å². The monoisotopic (exact) mass is 700 g/mol. The lowest BCUT2D eigenvalue weighted by Gasteiger charge is -2.44. The first-order chi connectivity index (χ1) is 23.4. The molecule has 0 spiro atoms. The van der Waals surface area contributed by atoms with E-state index in [4.69, 9.17) is 37.9 Å². The normalized spacial score (nSPS) is 19.8. The van der Waals surface area contributed by atoms with Crippen LogP contribution in [0.3, 0.4) is 0 Å². The van der Waals surface area contributed by atoms with Crippen molar-refractivity contribution >= 4 is 41.6 Å². The van der Waals surface area contributed by atoms with Crippen LogP contribution >= 0.6 is 0 Å². The van der Waals surface area contributed by atoms with E-state index in [1.807, 2.05) is 0 Å². The van der Waals surface area contributed by atoms with Gasteiger partial charge in [-0.05, 0) is 31.2 Å². The molecule has 1 aliphatic heterocycles. The Labute approximate surface area is 282 Å². The largest absolute Gasteiger partial charge is 0.491 e. The van der Waals surface area contributed by atoms with Gasteiger partial charge in [0.05, 0.1) is 39.6 Å². The first-order valence-electron chi connectivity index (χ1n) is 15.3. The summed E-state index contributed by atoms with van der Waals surface area (Å²) < 4.78 is 48.8. The summed E-state index contributed by atoms with van der Waals surface area (Å²) in [5.41, 5.74) is 4.69. The van der Waals surface area contributed by atoms with E-state index >= 15 is 0 Å². The number of carbonyl (C=O) groups is 6. The van der Waals surface area contributed by atoms with Gasteiger partial charge in [-0.3, -0.25) is 19.2 Å². The molecule has 274 valence electrons. The third kappa shape index (κ3) is 16.3. The van der Waals surface area contributed by atoms with E-state index in [2.05, 4.69) is 26.2 Å². The van der Waals surface area contributed by atoms with Crippen LogP contribution in [0.15, 0.2) is 24.3 Å². The molecular weight excluding hydrogens is 656 g/mol. The third-order valence-corrected chi connectivity index (χ3v) is 6.12. The summed E-state index contributed by atoms with van der Waals surface area (Å²) >= 11 is 0. The lowest BCUT2D eigenvalue weighted by molar-refractivity contribution is -0.279. The molecule has 0 aliphatic carbocycles. The number of carbonyl (C=O) groups excluding carboxylic acids is 6. The third-order valence-electron chi connectivity index (χ3n) is 6.12. The lowest BCUT2D eigenvalue weighted by atomic mass is 9.96. The predicted octanol–water partition coefficient (Wildman–Crippen LogP) is 0.554. The van der Waals surface area contributed by atoms with Crippen LogP contribution < -0.4 is 26.2 Å². The Hall–Kier alpha value is -4.72. The van der Waals surface area contributed by atoms with E-state index < -0.39 is 66.6 Å². The standard InChI is InChI=1S/C30H44N4O15/c1-6-43-30(40)34-33-29(39)32-22-7-9-23(10-8-22)44-15-13-41-11-12-42-14-16-45-28-25(31-18(2)35)27(48-21(5)38)26(47-20(4)37)24(49-28)17-46-19(3)36/h7-10,24-28H,6,11-17H2,1-5H3,(H,31,35)(H,34,40)(H2,32,33,39). The molecule has 2 rings (SSSR count). The van der Waals surface area contributed by atoms with E-state index in [-0.39, 0.29) is 52.9 Å². The first-order valence-corrected chi connectivity index (χ1v) is 15.3. The second-order valence-electron chi connectivity index (χ2n) is 10.1. The molecule has 5 unspecified atom stereocenters. The van der Waals surface area contributed by atoms with Gasteiger partial charge in [0.2, 0.25) is 5.91 Å². The number of ether oxygens (including phenoxy) is 9. The summed E-state index contributed by atoms with van der Waals surface area (Å²) in [5.74, 6) is -1.98. The van der Waals surface area contributed by atoms with Crippen molar-refractivity contribution < 1.29 is 71.4 Å². The van der Waals surface area contributed by atoms with Crippen LogP contribution in [0.1, 0.15) is 34.6 Å². The molecular formula is C30H44N4O15. The van der Waals surface area contributed by atoms with Crippen molar-refractivity contribution in [1.29, 1.82) is 0 Å². The summed E-state index contributed by atoms with van der Waals surface area (Å²) in [7, 11) is 0.